The molecule has 5 nitrogen and oxygen atoms in total. The average molecular weight is 238 g/mol. The summed E-state index contributed by atoms with van der Waals surface area (Å²) < 4.78 is 0. The van der Waals surface area contributed by atoms with E-state index in [9.17, 15) is 4.79 Å². The molecule has 3 rings (SSSR count). The molecule has 0 aliphatic rings. The Morgan fingerprint density at radius 3 is 2.83 bits per heavy atom. The summed E-state index contributed by atoms with van der Waals surface area (Å²) in [6.07, 6.45) is 5.08. The van der Waals surface area contributed by atoms with Crippen molar-refractivity contribution in [2.24, 2.45) is 0 Å². The summed E-state index contributed by atoms with van der Waals surface area (Å²) in [5.74, 6) is 0.532. The lowest BCUT2D eigenvalue weighted by Crippen LogP contribution is -2.06. The molecule has 0 fully saturated rings. The quantitative estimate of drug-likeness (QED) is 0.706. The van der Waals surface area contributed by atoms with Crippen molar-refractivity contribution in [1.29, 1.82) is 0 Å². The van der Waals surface area contributed by atoms with E-state index in [1.165, 1.54) is 0 Å². The van der Waals surface area contributed by atoms with Gasteiger partial charge >= 0.3 is 0 Å². The van der Waals surface area contributed by atoms with Crippen molar-refractivity contribution in [2.75, 3.05) is 0 Å². The van der Waals surface area contributed by atoms with Gasteiger partial charge in [-0.2, -0.15) is 0 Å². The number of rotatable bonds is 3. The number of H-pyrrole nitrogens is 1. The van der Waals surface area contributed by atoms with Crippen molar-refractivity contribution in [3.63, 3.8) is 0 Å². The zero-order valence-corrected chi connectivity index (χ0v) is 9.50. The number of nitrogens with one attached hydrogen (secondary N) is 1. The third-order valence-corrected chi connectivity index (χ3v) is 2.68. The number of hydrogen-bond donors (Lipinski definition) is 1. The smallest absolute Gasteiger partial charge is 0.170 e. The molecule has 0 amide bonds. The molecule has 5 heteroatoms. The SMILES string of the molecule is O=C(Cc1ncccn1)c1ccc2nc[nH]c2c1. The molecule has 1 aromatic carbocycles. The molecule has 3 aromatic rings. The molecule has 2 heterocycles. The van der Waals surface area contributed by atoms with Crippen molar-refractivity contribution in [1.82, 2.24) is 19.9 Å². The predicted octanol–water partition coefficient (Wildman–Crippen LogP) is 1.78. The van der Waals surface area contributed by atoms with Gasteiger partial charge in [-0.1, -0.05) is 0 Å². The summed E-state index contributed by atoms with van der Waals surface area (Å²) in [4.78, 5) is 27.2. The molecule has 2 aromatic heterocycles. The van der Waals surface area contributed by atoms with Crippen LogP contribution in [-0.4, -0.2) is 25.7 Å². The maximum absolute atomic E-state index is 12.1. The Morgan fingerprint density at radius 2 is 2.00 bits per heavy atom. The number of nitrogens with zero attached hydrogens (tertiary/aromatic N) is 3. The Labute approximate surface area is 103 Å². The Balaban J connectivity index is 1.87. The van der Waals surface area contributed by atoms with E-state index in [1.54, 1.807) is 36.9 Å². The Hall–Kier alpha value is -2.56. The number of aromatic amines is 1. The van der Waals surface area contributed by atoms with Crippen molar-refractivity contribution in [3.8, 4) is 0 Å². The second-order valence-electron chi connectivity index (χ2n) is 3.90. The number of carbonyl (C=O) groups excluding carboxylic acids is 1. The number of benzene rings is 1. The van der Waals surface area contributed by atoms with Gasteiger partial charge < -0.3 is 4.98 Å². The fourth-order valence-electron chi connectivity index (χ4n) is 1.78. The van der Waals surface area contributed by atoms with Crippen LogP contribution in [0.15, 0.2) is 43.0 Å². The zero-order valence-electron chi connectivity index (χ0n) is 9.50. The van der Waals surface area contributed by atoms with Crippen molar-refractivity contribution in [3.05, 3.63) is 54.4 Å². The van der Waals surface area contributed by atoms with Gasteiger partial charge in [0.1, 0.15) is 5.82 Å². The molecule has 0 bridgehead atoms. The number of hydrogen-bond acceptors (Lipinski definition) is 4. The van der Waals surface area contributed by atoms with Gasteiger partial charge in [-0.3, -0.25) is 4.79 Å². The number of carbonyl (C=O) groups is 1. The summed E-state index contributed by atoms with van der Waals surface area (Å²) >= 11 is 0. The van der Waals surface area contributed by atoms with Crippen LogP contribution in [0.1, 0.15) is 16.2 Å². The molecule has 1 N–H and O–H groups in total. The first-order chi connectivity index (χ1) is 8.83. The molecular formula is C13H10N4O. The van der Waals surface area contributed by atoms with E-state index < -0.39 is 0 Å². The molecule has 18 heavy (non-hydrogen) atoms. The molecule has 0 radical (unpaired) electrons. The van der Waals surface area contributed by atoms with Crippen LogP contribution in [-0.2, 0) is 6.42 Å². The van der Waals surface area contributed by atoms with Gasteiger partial charge in [-0.25, -0.2) is 15.0 Å². The van der Waals surface area contributed by atoms with E-state index in [4.69, 9.17) is 0 Å². The Bertz CT molecular complexity index is 690. The van der Waals surface area contributed by atoms with Crippen LogP contribution < -0.4 is 0 Å². The van der Waals surface area contributed by atoms with Gasteiger partial charge in [0.05, 0.1) is 23.8 Å². The minimum absolute atomic E-state index is 0.00213. The summed E-state index contributed by atoms with van der Waals surface area (Å²) in [6.45, 7) is 0. The maximum Gasteiger partial charge on any atom is 0.170 e. The first-order valence-corrected chi connectivity index (χ1v) is 5.55. The molecule has 0 spiro atoms. The molecule has 0 aliphatic heterocycles. The zero-order chi connectivity index (χ0) is 12.4. The monoisotopic (exact) mass is 238 g/mol. The Kier molecular flexibility index (Phi) is 2.57. The number of Topliss-reactive ketones (excluding diaryl/α,β-unsaturated/α-hetero) is 1. The van der Waals surface area contributed by atoms with Crippen LogP contribution in [0.2, 0.25) is 0 Å². The lowest BCUT2D eigenvalue weighted by Gasteiger charge is -2.00. The molecule has 0 saturated heterocycles. The molecular weight excluding hydrogens is 228 g/mol. The number of fused-ring (bicyclic) bond motifs is 1. The van der Waals surface area contributed by atoms with E-state index >= 15 is 0 Å². The van der Waals surface area contributed by atoms with Gasteiger partial charge in [-0.15, -0.1) is 0 Å². The van der Waals surface area contributed by atoms with Gasteiger partial charge in [0.25, 0.3) is 0 Å². The highest BCUT2D eigenvalue weighted by atomic mass is 16.1. The highest BCUT2D eigenvalue weighted by Crippen LogP contribution is 2.13. The first-order valence-electron chi connectivity index (χ1n) is 5.55. The summed E-state index contributed by atoms with van der Waals surface area (Å²) in [5.41, 5.74) is 2.34. The molecule has 0 saturated carbocycles. The minimum atomic E-state index is -0.00213. The van der Waals surface area contributed by atoms with Crippen LogP contribution >= 0.6 is 0 Å². The third kappa shape index (κ3) is 1.98. The third-order valence-electron chi connectivity index (χ3n) is 2.68. The van der Waals surface area contributed by atoms with Crippen LogP contribution in [0, 0.1) is 0 Å². The maximum atomic E-state index is 12.1. The topological polar surface area (TPSA) is 71.5 Å². The second-order valence-corrected chi connectivity index (χ2v) is 3.90. The normalized spacial score (nSPS) is 10.7. The van der Waals surface area contributed by atoms with Crippen LogP contribution in [0.5, 0.6) is 0 Å². The number of aromatic nitrogens is 4. The predicted molar refractivity (Wildman–Crippen MR) is 66.2 cm³/mol. The standard InChI is InChI=1S/C13H10N4O/c18-12(7-13-14-4-1-5-15-13)9-2-3-10-11(6-9)17-8-16-10/h1-6,8H,7H2,(H,16,17). The van der Waals surface area contributed by atoms with Crippen molar-refractivity contribution < 1.29 is 4.79 Å². The first kappa shape index (κ1) is 10.6. The number of ketones is 1. The van der Waals surface area contributed by atoms with E-state index in [1.807, 2.05) is 6.07 Å². The van der Waals surface area contributed by atoms with Gasteiger partial charge in [0.15, 0.2) is 5.78 Å². The lowest BCUT2D eigenvalue weighted by atomic mass is 10.1. The van der Waals surface area contributed by atoms with Gasteiger partial charge in [0, 0.05) is 18.0 Å². The van der Waals surface area contributed by atoms with Crippen molar-refractivity contribution >= 4 is 16.8 Å². The molecule has 88 valence electrons. The fourth-order valence-corrected chi connectivity index (χ4v) is 1.78. The minimum Gasteiger partial charge on any atom is -0.345 e. The fraction of sp³-hybridized carbons (Fsp3) is 0.0769. The highest BCUT2D eigenvalue weighted by molar-refractivity contribution is 5.99. The van der Waals surface area contributed by atoms with E-state index in [-0.39, 0.29) is 12.2 Å². The molecule has 0 atom stereocenters. The summed E-state index contributed by atoms with van der Waals surface area (Å²) in [7, 11) is 0. The number of imidazole rings is 1. The van der Waals surface area contributed by atoms with E-state index in [0.717, 1.165) is 11.0 Å². The van der Waals surface area contributed by atoms with E-state index in [0.29, 0.717) is 11.4 Å². The average Bonchev–Trinajstić information content (AvgIpc) is 2.87. The van der Waals surface area contributed by atoms with Crippen molar-refractivity contribution in [2.45, 2.75) is 6.42 Å². The van der Waals surface area contributed by atoms with Crippen LogP contribution in [0.3, 0.4) is 0 Å². The largest absolute Gasteiger partial charge is 0.345 e. The van der Waals surface area contributed by atoms with Crippen LogP contribution in [0.25, 0.3) is 11.0 Å². The Morgan fingerprint density at radius 1 is 1.17 bits per heavy atom. The molecule has 0 unspecified atom stereocenters. The summed E-state index contributed by atoms with van der Waals surface area (Å²) in [5, 5.41) is 0. The van der Waals surface area contributed by atoms with E-state index in [2.05, 4.69) is 19.9 Å². The summed E-state index contributed by atoms with van der Waals surface area (Å²) in [6, 6.07) is 7.12. The van der Waals surface area contributed by atoms with Crippen LogP contribution in [0.4, 0.5) is 0 Å². The molecule has 0 aliphatic carbocycles. The highest BCUT2D eigenvalue weighted by Gasteiger charge is 2.09. The van der Waals surface area contributed by atoms with Gasteiger partial charge in [-0.05, 0) is 24.3 Å². The second kappa shape index (κ2) is 4.37. The lowest BCUT2D eigenvalue weighted by molar-refractivity contribution is 0.0991. The van der Waals surface area contributed by atoms with Gasteiger partial charge in [0.2, 0.25) is 0 Å².